The number of esters is 2. The Hall–Kier alpha value is -1.44. The monoisotopic (exact) mass is 476 g/mol. The maximum atomic E-state index is 11.7. The second-order valence-corrected chi connectivity index (χ2v) is 12.5. The van der Waals surface area contributed by atoms with Gasteiger partial charge in [-0.2, -0.15) is 0 Å². The summed E-state index contributed by atoms with van der Waals surface area (Å²) in [5.41, 5.74) is 0.603. The van der Waals surface area contributed by atoms with Crippen LogP contribution in [0.5, 0.6) is 0 Å². The molecule has 0 radical (unpaired) electrons. The van der Waals surface area contributed by atoms with Crippen LogP contribution in [0.25, 0.3) is 0 Å². The minimum atomic E-state index is -1.29. The van der Waals surface area contributed by atoms with Crippen LogP contribution in [0.3, 0.4) is 0 Å². The molecule has 3 aliphatic carbocycles. The van der Waals surface area contributed by atoms with Crippen LogP contribution in [0, 0.1) is 39.9 Å². The second kappa shape index (κ2) is 8.31. The molecule has 3 saturated carbocycles. The van der Waals surface area contributed by atoms with E-state index in [2.05, 4.69) is 20.8 Å². The lowest BCUT2D eigenvalue weighted by molar-refractivity contribution is -0.264. The average molecular weight is 477 g/mol. The molecule has 5 aliphatic rings. The molecule has 2 heterocycles. The number of aliphatic hydroxyl groups excluding tert-OH is 2. The number of carbonyl (C=O) groups is 2. The fraction of sp³-hybridized carbons (Fsp3) is 0.852. The van der Waals surface area contributed by atoms with E-state index in [-0.39, 0.29) is 34.1 Å². The first-order valence-corrected chi connectivity index (χ1v) is 13.0. The summed E-state index contributed by atoms with van der Waals surface area (Å²) < 4.78 is 16.4. The highest BCUT2D eigenvalue weighted by Gasteiger charge is 2.64. The van der Waals surface area contributed by atoms with Gasteiger partial charge in [0.15, 0.2) is 6.29 Å². The zero-order valence-corrected chi connectivity index (χ0v) is 20.9. The molecule has 2 N–H and O–H groups in total. The topological polar surface area (TPSA) is 102 Å². The molecule has 0 aromatic rings. The summed E-state index contributed by atoms with van der Waals surface area (Å²) in [6, 6.07) is 0. The number of fused-ring (bicyclic) bond motifs is 5. The quantitative estimate of drug-likeness (QED) is 0.599. The van der Waals surface area contributed by atoms with Gasteiger partial charge in [0.2, 0.25) is 6.29 Å². The molecule has 0 aromatic heterocycles. The van der Waals surface area contributed by atoms with Crippen LogP contribution in [0.1, 0.15) is 79.1 Å². The molecule has 2 aliphatic heterocycles. The third-order valence-electron chi connectivity index (χ3n) is 10.7. The van der Waals surface area contributed by atoms with Gasteiger partial charge in [-0.15, -0.1) is 0 Å². The molecule has 7 heteroatoms. The fourth-order valence-corrected chi connectivity index (χ4v) is 9.31. The molecule has 0 bridgehead atoms. The van der Waals surface area contributed by atoms with Crippen LogP contribution >= 0.6 is 0 Å². The second-order valence-electron chi connectivity index (χ2n) is 12.5. The van der Waals surface area contributed by atoms with E-state index in [1.54, 1.807) is 0 Å². The zero-order valence-electron chi connectivity index (χ0n) is 20.9. The minimum Gasteiger partial charge on any atom is -0.465 e. The number of rotatable bonds is 3. The first-order chi connectivity index (χ1) is 16.0. The number of hydrogen-bond acceptors (Lipinski definition) is 7. The number of carbonyl (C=O) groups excluding carboxylic acids is 2. The van der Waals surface area contributed by atoms with Crippen LogP contribution in [0.15, 0.2) is 11.6 Å². The summed E-state index contributed by atoms with van der Waals surface area (Å²) in [7, 11) is 0. The predicted molar refractivity (Wildman–Crippen MR) is 123 cm³/mol. The molecule has 7 nitrogen and oxygen atoms in total. The number of ether oxygens (including phenoxy) is 3. The lowest BCUT2D eigenvalue weighted by Gasteiger charge is -2.68. The lowest BCUT2D eigenvalue weighted by Crippen LogP contribution is -2.62. The molecule has 10 atom stereocenters. The summed E-state index contributed by atoms with van der Waals surface area (Å²) >= 11 is 0. The van der Waals surface area contributed by atoms with Gasteiger partial charge in [-0.1, -0.05) is 27.2 Å². The van der Waals surface area contributed by atoms with Crippen molar-refractivity contribution in [3.63, 3.8) is 0 Å². The fourth-order valence-electron chi connectivity index (χ4n) is 9.31. The van der Waals surface area contributed by atoms with Crippen LogP contribution in [-0.2, 0) is 23.8 Å². The van der Waals surface area contributed by atoms with E-state index >= 15 is 0 Å². The number of aliphatic hydroxyl groups is 2. The molecule has 34 heavy (non-hydrogen) atoms. The van der Waals surface area contributed by atoms with E-state index in [4.69, 9.17) is 14.2 Å². The van der Waals surface area contributed by atoms with Crippen molar-refractivity contribution in [3.8, 4) is 0 Å². The molecular formula is C27H40O7. The maximum absolute atomic E-state index is 11.7. The van der Waals surface area contributed by atoms with Gasteiger partial charge in [-0.3, -0.25) is 4.79 Å². The molecule has 190 valence electrons. The van der Waals surface area contributed by atoms with Gasteiger partial charge in [0.25, 0.3) is 0 Å². The Kier molecular flexibility index (Phi) is 5.93. The standard InChI is InChI=1S/C27H40O7/c1-15(28)32-14-25(2)9-5-10-27(4)20(25)8-11-26(3)18-13-19(17-12-22(29)34-24(17)31)33-23(30)16(18)6-7-21(26)27/h12,16,18-21,23-24,30-31H,5-11,13-14H2,1-4H3/t16-,18+,19+,20?,21-,23?,24?,25+,26-,27-/m0/s1. The van der Waals surface area contributed by atoms with Gasteiger partial charge < -0.3 is 24.4 Å². The van der Waals surface area contributed by atoms with Crippen molar-refractivity contribution in [2.24, 2.45) is 39.9 Å². The van der Waals surface area contributed by atoms with Gasteiger partial charge >= 0.3 is 11.9 Å². The zero-order chi connectivity index (χ0) is 24.5. The Morgan fingerprint density at radius 2 is 1.85 bits per heavy atom. The predicted octanol–water partition coefficient (Wildman–Crippen LogP) is 3.71. The summed E-state index contributed by atoms with van der Waals surface area (Å²) in [6.07, 6.45) is 6.82. The van der Waals surface area contributed by atoms with E-state index in [1.807, 2.05) is 0 Å². The molecular weight excluding hydrogens is 436 g/mol. The molecule has 5 rings (SSSR count). The minimum absolute atomic E-state index is 0.00889. The molecule has 0 amide bonds. The van der Waals surface area contributed by atoms with Crippen molar-refractivity contribution in [2.45, 2.75) is 97.7 Å². The van der Waals surface area contributed by atoms with E-state index in [0.29, 0.717) is 30.4 Å². The average Bonchev–Trinajstić information content (AvgIpc) is 3.10. The normalized spacial score (nSPS) is 50.4. The summed E-state index contributed by atoms with van der Waals surface area (Å²) in [6.45, 7) is 9.17. The van der Waals surface area contributed by atoms with Crippen LogP contribution in [-0.4, -0.2) is 47.4 Å². The third-order valence-corrected chi connectivity index (χ3v) is 10.7. The largest absolute Gasteiger partial charge is 0.465 e. The van der Waals surface area contributed by atoms with Crippen molar-refractivity contribution >= 4 is 11.9 Å². The molecule has 0 aromatic carbocycles. The molecule has 4 fully saturated rings. The number of hydrogen-bond donors (Lipinski definition) is 2. The Labute approximate surface area is 202 Å². The SMILES string of the molecule is CC(=O)OC[C@@]1(C)CCC[C@@]2(C)C1CC[C@@]1(C)[C@@H]3C[C@H](C4=CC(=O)OC4O)OC(O)[C@H]3CC[C@@H]12. The first-order valence-electron chi connectivity index (χ1n) is 13.0. The van der Waals surface area contributed by atoms with E-state index < -0.39 is 24.7 Å². The smallest absolute Gasteiger partial charge is 0.333 e. The van der Waals surface area contributed by atoms with E-state index in [0.717, 1.165) is 38.5 Å². The van der Waals surface area contributed by atoms with Gasteiger partial charge in [0.05, 0.1) is 12.7 Å². The maximum Gasteiger partial charge on any atom is 0.333 e. The van der Waals surface area contributed by atoms with Gasteiger partial charge in [-0.25, -0.2) is 4.79 Å². The molecule has 1 saturated heterocycles. The summed E-state index contributed by atoms with van der Waals surface area (Å²) in [4.78, 5) is 23.3. The highest BCUT2D eigenvalue weighted by atomic mass is 16.6. The molecule has 3 unspecified atom stereocenters. The van der Waals surface area contributed by atoms with Gasteiger partial charge in [-0.05, 0) is 73.5 Å². The van der Waals surface area contributed by atoms with Crippen molar-refractivity contribution in [1.82, 2.24) is 0 Å². The van der Waals surface area contributed by atoms with E-state index in [1.165, 1.54) is 19.4 Å². The van der Waals surface area contributed by atoms with Crippen LogP contribution in [0.2, 0.25) is 0 Å². The Morgan fingerprint density at radius 3 is 2.53 bits per heavy atom. The Balaban J connectivity index is 1.43. The van der Waals surface area contributed by atoms with Crippen molar-refractivity contribution in [3.05, 3.63) is 11.6 Å². The first kappa shape index (κ1) is 24.3. The Bertz CT molecular complexity index is 884. The highest BCUT2D eigenvalue weighted by molar-refractivity contribution is 5.85. The molecule has 0 spiro atoms. The highest BCUT2D eigenvalue weighted by Crippen LogP contribution is 2.70. The summed E-state index contributed by atoms with van der Waals surface area (Å²) in [5, 5.41) is 21.2. The van der Waals surface area contributed by atoms with Crippen LogP contribution < -0.4 is 0 Å². The lowest BCUT2D eigenvalue weighted by atomic mass is 9.38. The van der Waals surface area contributed by atoms with Crippen molar-refractivity contribution < 1.29 is 34.0 Å². The summed E-state index contributed by atoms with van der Waals surface area (Å²) in [5.74, 6) is 0.532. The van der Waals surface area contributed by atoms with E-state index in [9.17, 15) is 19.8 Å². The van der Waals surface area contributed by atoms with Crippen molar-refractivity contribution in [1.29, 1.82) is 0 Å². The third kappa shape index (κ3) is 3.65. The number of cyclic esters (lactones) is 1. The van der Waals surface area contributed by atoms with Crippen molar-refractivity contribution in [2.75, 3.05) is 6.61 Å². The van der Waals surface area contributed by atoms with Gasteiger partial charge in [0, 0.05) is 29.9 Å². The van der Waals surface area contributed by atoms with Crippen LogP contribution in [0.4, 0.5) is 0 Å². The Morgan fingerprint density at radius 1 is 1.09 bits per heavy atom. The van der Waals surface area contributed by atoms with Gasteiger partial charge in [0.1, 0.15) is 0 Å².